The van der Waals surface area contributed by atoms with Gasteiger partial charge in [0.15, 0.2) is 0 Å². The minimum absolute atomic E-state index is 0.0649. The Labute approximate surface area is 119 Å². The van der Waals surface area contributed by atoms with E-state index in [0.717, 1.165) is 12.8 Å². The summed E-state index contributed by atoms with van der Waals surface area (Å²) in [6, 6.07) is -0.426. The lowest BCUT2D eigenvalue weighted by Crippen LogP contribution is -2.75. The topological polar surface area (TPSA) is 90.5 Å². The normalized spacial score (nSPS) is 27.1. The van der Waals surface area contributed by atoms with Gasteiger partial charge in [-0.3, -0.25) is 15.0 Å². The van der Waals surface area contributed by atoms with E-state index < -0.39 is 17.5 Å². The van der Waals surface area contributed by atoms with Crippen molar-refractivity contribution in [2.75, 3.05) is 13.1 Å². The zero-order chi connectivity index (χ0) is 15.1. The SMILES string of the molecule is CC[C@@H](C(N)=O)N1CC2(CCCN2C(=O)C(C)C)C1=N. The number of likely N-dealkylation sites (tertiary alicyclic amines) is 2. The molecule has 2 rings (SSSR count). The van der Waals surface area contributed by atoms with Gasteiger partial charge in [-0.05, 0) is 19.3 Å². The molecule has 6 heteroatoms. The van der Waals surface area contributed by atoms with Gasteiger partial charge >= 0.3 is 0 Å². The van der Waals surface area contributed by atoms with E-state index >= 15 is 0 Å². The van der Waals surface area contributed by atoms with Gasteiger partial charge in [0.05, 0.1) is 6.54 Å². The molecule has 0 radical (unpaired) electrons. The second-order valence-electron chi connectivity index (χ2n) is 6.08. The third-order valence-corrected chi connectivity index (χ3v) is 4.50. The molecule has 2 fully saturated rings. The summed E-state index contributed by atoms with van der Waals surface area (Å²) in [7, 11) is 0. The van der Waals surface area contributed by atoms with Gasteiger partial charge in [-0.15, -0.1) is 0 Å². The van der Waals surface area contributed by atoms with Gasteiger partial charge in [-0.1, -0.05) is 20.8 Å². The number of amides is 2. The van der Waals surface area contributed by atoms with E-state index in [1.165, 1.54) is 0 Å². The van der Waals surface area contributed by atoms with Gasteiger partial charge in [-0.2, -0.15) is 0 Å². The Hall–Kier alpha value is -1.59. The molecule has 0 saturated carbocycles. The first-order chi connectivity index (χ1) is 9.35. The molecule has 0 aromatic rings. The second-order valence-corrected chi connectivity index (χ2v) is 6.08. The summed E-state index contributed by atoms with van der Waals surface area (Å²) in [5, 5.41) is 8.35. The van der Waals surface area contributed by atoms with E-state index in [9.17, 15) is 9.59 Å². The number of hydrogen-bond acceptors (Lipinski definition) is 3. The minimum Gasteiger partial charge on any atom is -0.368 e. The van der Waals surface area contributed by atoms with Crippen LogP contribution in [-0.2, 0) is 9.59 Å². The minimum atomic E-state index is -0.482. The first kappa shape index (κ1) is 14.8. The number of nitrogens with one attached hydrogen (secondary N) is 1. The van der Waals surface area contributed by atoms with Gasteiger partial charge < -0.3 is 15.5 Å². The van der Waals surface area contributed by atoms with Crippen molar-refractivity contribution in [1.29, 1.82) is 5.41 Å². The van der Waals surface area contributed by atoms with Crippen molar-refractivity contribution in [1.82, 2.24) is 9.80 Å². The molecule has 2 aliphatic rings. The van der Waals surface area contributed by atoms with Crippen LogP contribution in [0.3, 0.4) is 0 Å². The fraction of sp³-hybridized carbons (Fsp3) is 0.786. The van der Waals surface area contributed by atoms with Gasteiger partial charge in [0.25, 0.3) is 0 Å². The molecule has 0 aromatic carbocycles. The summed E-state index contributed by atoms with van der Waals surface area (Å²) >= 11 is 0. The van der Waals surface area contributed by atoms with Crippen LogP contribution < -0.4 is 5.73 Å². The Morgan fingerprint density at radius 2 is 2.10 bits per heavy atom. The van der Waals surface area contributed by atoms with E-state index in [0.29, 0.717) is 25.3 Å². The van der Waals surface area contributed by atoms with Gasteiger partial charge in [0, 0.05) is 12.5 Å². The highest BCUT2D eigenvalue weighted by molar-refractivity contribution is 6.01. The van der Waals surface area contributed by atoms with Crippen molar-refractivity contribution in [2.24, 2.45) is 11.7 Å². The molecule has 2 atom stereocenters. The number of carbonyl (C=O) groups excluding carboxylic acids is 2. The molecule has 0 aromatic heterocycles. The third-order valence-electron chi connectivity index (χ3n) is 4.50. The van der Waals surface area contributed by atoms with Crippen LogP contribution in [0, 0.1) is 11.3 Å². The van der Waals surface area contributed by atoms with E-state index in [2.05, 4.69) is 0 Å². The zero-order valence-corrected chi connectivity index (χ0v) is 12.5. The van der Waals surface area contributed by atoms with Crippen molar-refractivity contribution in [3.63, 3.8) is 0 Å². The van der Waals surface area contributed by atoms with Gasteiger partial charge in [0.1, 0.15) is 17.4 Å². The fourth-order valence-corrected chi connectivity index (χ4v) is 3.38. The predicted octanol–water partition coefficient (Wildman–Crippen LogP) is 0.560. The fourth-order valence-electron chi connectivity index (χ4n) is 3.38. The smallest absolute Gasteiger partial charge is 0.240 e. The number of primary amides is 1. The van der Waals surface area contributed by atoms with Crippen LogP contribution in [-0.4, -0.2) is 52.1 Å². The van der Waals surface area contributed by atoms with Gasteiger partial charge in [-0.25, -0.2) is 0 Å². The quantitative estimate of drug-likeness (QED) is 0.788. The molecule has 112 valence electrons. The molecule has 1 unspecified atom stereocenters. The molecule has 6 nitrogen and oxygen atoms in total. The Balaban J connectivity index is 2.17. The molecule has 2 saturated heterocycles. The average molecular weight is 280 g/mol. The van der Waals surface area contributed by atoms with Crippen LogP contribution in [0.4, 0.5) is 0 Å². The summed E-state index contributed by atoms with van der Waals surface area (Å²) < 4.78 is 0. The predicted molar refractivity (Wildman–Crippen MR) is 76.2 cm³/mol. The van der Waals surface area contributed by atoms with Crippen LogP contribution in [0.15, 0.2) is 0 Å². The van der Waals surface area contributed by atoms with Gasteiger partial charge in [0.2, 0.25) is 11.8 Å². The van der Waals surface area contributed by atoms with E-state index in [1.54, 1.807) is 4.90 Å². The molecule has 3 N–H and O–H groups in total. The first-order valence-corrected chi connectivity index (χ1v) is 7.31. The number of nitrogens with zero attached hydrogens (tertiary/aromatic N) is 2. The molecule has 20 heavy (non-hydrogen) atoms. The number of amidine groups is 1. The molecule has 0 bridgehead atoms. The largest absolute Gasteiger partial charge is 0.368 e. The van der Waals surface area contributed by atoms with Crippen molar-refractivity contribution in [3.05, 3.63) is 0 Å². The van der Waals surface area contributed by atoms with Crippen LogP contribution in [0.1, 0.15) is 40.0 Å². The number of rotatable bonds is 4. The number of nitrogens with two attached hydrogens (primary N) is 1. The Bertz CT molecular complexity index is 448. The summed E-state index contributed by atoms with van der Waals surface area (Å²) in [6.07, 6.45) is 2.32. The summed E-state index contributed by atoms with van der Waals surface area (Å²) in [6.45, 7) is 6.92. The zero-order valence-electron chi connectivity index (χ0n) is 12.5. The Morgan fingerprint density at radius 1 is 1.45 bits per heavy atom. The standard InChI is InChI=1S/C14H24N4O2/c1-4-10(11(15)19)17-8-14(13(17)16)6-5-7-18(14)12(20)9(2)3/h9-10,16H,4-8H2,1-3H3,(H2,15,19)/t10-,14?/m0/s1. The molecule has 2 heterocycles. The summed E-state index contributed by atoms with van der Waals surface area (Å²) in [5.41, 5.74) is 4.91. The molecular weight excluding hydrogens is 256 g/mol. The van der Waals surface area contributed by atoms with Crippen LogP contribution in [0.2, 0.25) is 0 Å². The lowest BCUT2D eigenvalue weighted by molar-refractivity contribution is -0.139. The molecule has 2 aliphatic heterocycles. The van der Waals surface area contributed by atoms with Crippen LogP contribution in [0.25, 0.3) is 0 Å². The number of hydrogen-bond donors (Lipinski definition) is 2. The van der Waals surface area contributed by atoms with Crippen molar-refractivity contribution in [3.8, 4) is 0 Å². The number of carbonyl (C=O) groups is 2. The highest BCUT2D eigenvalue weighted by Gasteiger charge is 2.58. The summed E-state index contributed by atoms with van der Waals surface area (Å²) in [5.74, 6) is 0.0189. The van der Waals surface area contributed by atoms with E-state index in [1.807, 2.05) is 25.7 Å². The van der Waals surface area contributed by atoms with E-state index in [4.69, 9.17) is 11.1 Å². The van der Waals surface area contributed by atoms with Crippen molar-refractivity contribution >= 4 is 17.6 Å². The van der Waals surface area contributed by atoms with Crippen molar-refractivity contribution in [2.45, 2.75) is 51.6 Å². The first-order valence-electron chi connectivity index (χ1n) is 7.31. The molecule has 0 aliphatic carbocycles. The maximum absolute atomic E-state index is 12.3. The van der Waals surface area contributed by atoms with Crippen LogP contribution >= 0.6 is 0 Å². The van der Waals surface area contributed by atoms with E-state index in [-0.39, 0.29) is 11.8 Å². The molecular formula is C14H24N4O2. The Morgan fingerprint density at radius 3 is 2.55 bits per heavy atom. The maximum atomic E-state index is 12.3. The average Bonchev–Trinajstić information content (AvgIpc) is 2.83. The highest BCUT2D eigenvalue weighted by atomic mass is 16.2. The monoisotopic (exact) mass is 280 g/mol. The molecule has 1 spiro atoms. The lowest BCUT2D eigenvalue weighted by Gasteiger charge is -2.56. The third kappa shape index (κ3) is 1.98. The lowest BCUT2D eigenvalue weighted by atomic mass is 9.82. The maximum Gasteiger partial charge on any atom is 0.240 e. The summed E-state index contributed by atoms with van der Waals surface area (Å²) in [4.78, 5) is 27.3. The van der Waals surface area contributed by atoms with Crippen molar-refractivity contribution < 1.29 is 9.59 Å². The molecule has 2 amide bonds. The van der Waals surface area contributed by atoms with Crippen LogP contribution in [0.5, 0.6) is 0 Å². The Kier molecular flexibility index (Phi) is 3.75. The second kappa shape index (κ2) is 5.07. The highest BCUT2D eigenvalue weighted by Crippen LogP contribution is 2.41.